The molecule has 19 rings (SSSR count). The van der Waals surface area contributed by atoms with E-state index >= 15 is 0 Å². The zero-order chi connectivity index (χ0) is 53.0. The van der Waals surface area contributed by atoms with Crippen LogP contribution in [0.25, 0.3) is 175 Å². The molecule has 0 N–H and O–H groups in total. The molecule has 0 bridgehead atoms. The van der Waals surface area contributed by atoms with Crippen LogP contribution < -0.4 is 0 Å². The first-order valence-electron chi connectivity index (χ1n) is 28.1. The fourth-order valence-corrected chi connectivity index (χ4v) is 14.0. The van der Waals surface area contributed by atoms with Crippen molar-refractivity contribution in [1.82, 2.24) is 17.9 Å². The van der Waals surface area contributed by atoms with Gasteiger partial charge in [-0.15, -0.1) is 0 Å². The Balaban J connectivity index is 0.982. The van der Waals surface area contributed by atoms with Crippen molar-refractivity contribution in [2.45, 2.75) is 13.7 Å². The summed E-state index contributed by atoms with van der Waals surface area (Å²) in [7, 11) is 0. The topological polar surface area (TPSA) is 45.0 Å². The van der Waals surface area contributed by atoms with Crippen molar-refractivity contribution in [3.63, 3.8) is 0 Å². The minimum atomic E-state index is -2.70. The lowest BCUT2D eigenvalue weighted by molar-refractivity contribution is 0.668. The first kappa shape index (κ1) is 33.0. The largest absolute Gasteiger partial charge is 0.456 e. The van der Waals surface area contributed by atoms with E-state index in [1.165, 1.54) is 0 Å². The van der Waals surface area contributed by atoms with Gasteiger partial charge in [-0.1, -0.05) is 121 Å². The number of aromatic nitrogens is 4. The number of rotatable bonds is 2. The van der Waals surface area contributed by atoms with Crippen LogP contribution in [0, 0.1) is 13.7 Å². The van der Waals surface area contributed by atoms with Crippen LogP contribution in [-0.4, -0.2) is 17.9 Å². The summed E-state index contributed by atoms with van der Waals surface area (Å²) in [5.74, 6) is 0. The van der Waals surface area contributed by atoms with Gasteiger partial charge >= 0.3 is 0 Å². The fourth-order valence-electron chi connectivity index (χ4n) is 14.0. The van der Waals surface area contributed by atoms with Gasteiger partial charge < -0.3 is 26.8 Å². The van der Waals surface area contributed by atoms with E-state index in [0.717, 1.165) is 142 Å². The van der Waals surface area contributed by atoms with Gasteiger partial charge in [-0.25, -0.2) is 0 Å². The predicted octanol–water partition coefficient (Wildman–Crippen LogP) is 18.6. The Labute approximate surface area is 427 Å². The highest BCUT2D eigenvalue weighted by Crippen LogP contribution is 2.52. The van der Waals surface area contributed by atoms with Crippen LogP contribution in [0.1, 0.15) is 19.4 Å². The standard InChI is InChI=1S/C68H38N4O2/c1-35-59-45-17-11-19-47-62-54(30-28-44-40-14-4-8-22-52(40)70(68(44)62)38-26-32-58-50(34-38)42-16-6-10-24-56(42)74-58)72(65(45)47)64(59)36(2)60-46-18-12-20-48-61-53(71(63(35)60)66(46)48)29-27-43-39-13-3-7-21-51(39)69(67(43)61)37-25-31-57-49(33-37)41-15-5-9-23-55(41)73-57/h3-34H,1-2H3/i1D3,2D3. The van der Waals surface area contributed by atoms with Gasteiger partial charge in [0, 0.05) is 106 Å². The lowest BCUT2D eigenvalue weighted by atomic mass is 9.96. The molecule has 0 unspecified atom stereocenters. The second-order valence-corrected chi connectivity index (χ2v) is 20.2. The molecule has 11 aromatic carbocycles. The van der Waals surface area contributed by atoms with Crippen molar-refractivity contribution in [2.75, 3.05) is 0 Å². The molecule has 19 aromatic rings. The molecular weight excluding hydrogens is 905 g/mol. The number of benzene rings is 11. The lowest BCUT2D eigenvalue weighted by Gasteiger charge is -2.12. The summed E-state index contributed by atoms with van der Waals surface area (Å²) in [5, 5.41) is 14.2. The lowest BCUT2D eigenvalue weighted by Crippen LogP contribution is -1.95. The quantitative estimate of drug-likeness (QED) is 0.173. The summed E-state index contributed by atoms with van der Waals surface area (Å²) < 4.78 is 79.7. The molecule has 0 aliphatic rings. The maximum atomic E-state index is 9.71. The van der Waals surface area contributed by atoms with Crippen LogP contribution in [0.3, 0.4) is 0 Å². The smallest absolute Gasteiger partial charge is 0.135 e. The van der Waals surface area contributed by atoms with Crippen molar-refractivity contribution in [2.24, 2.45) is 0 Å². The minimum absolute atomic E-state index is 0.128. The van der Waals surface area contributed by atoms with E-state index in [-0.39, 0.29) is 11.1 Å². The molecular formula is C68H38N4O2. The zero-order valence-corrected chi connectivity index (χ0v) is 39.1. The van der Waals surface area contributed by atoms with Crippen LogP contribution in [0.2, 0.25) is 0 Å². The summed E-state index contributed by atoms with van der Waals surface area (Å²) in [6, 6.07) is 66.4. The molecule has 0 aliphatic heterocycles. The molecule has 6 nitrogen and oxygen atoms in total. The van der Waals surface area contributed by atoms with Gasteiger partial charge in [0.2, 0.25) is 0 Å². The predicted molar refractivity (Wildman–Crippen MR) is 308 cm³/mol. The van der Waals surface area contributed by atoms with Crippen LogP contribution in [-0.2, 0) is 0 Å². The molecule has 0 fully saturated rings. The van der Waals surface area contributed by atoms with Crippen molar-refractivity contribution in [1.29, 1.82) is 0 Å². The molecule has 8 heterocycles. The van der Waals surface area contributed by atoms with Gasteiger partial charge in [0.1, 0.15) is 22.3 Å². The number of hydrogen-bond donors (Lipinski definition) is 0. The van der Waals surface area contributed by atoms with Gasteiger partial charge in [-0.2, -0.15) is 0 Å². The van der Waals surface area contributed by atoms with E-state index in [0.29, 0.717) is 32.6 Å². The van der Waals surface area contributed by atoms with Crippen molar-refractivity contribution >= 4 is 164 Å². The monoisotopic (exact) mass is 948 g/mol. The Kier molecular flexibility index (Phi) is 5.71. The van der Waals surface area contributed by atoms with Gasteiger partial charge in [0.05, 0.1) is 55.2 Å². The molecule has 0 spiro atoms. The summed E-state index contributed by atoms with van der Waals surface area (Å²) >= 11 is 0. The van der Waals surface area contributed by atoms with Crippen molar-refractivity contribution in [3.05, 3.63) is 205 Å². The number of hydrogen-bond acceptors (Lipinski definition) is 2. The van der Waals surface area contributed by atoms with E-state index in [2.05, 4.69) is 139 Å². The first-order valence-corrected chi connectivity index (χ1v) is 25.1. The van der Waals surface area contributed by atoms with E-state index < -0.39 is 13.7 Å². The highest BCUT2D eigenvalue weighted by Gasteiger charge is 2.30. The summed E-state index contributed by atoms with van der Waals surface area (Å²) in [6.45, 7) is -5.41. The van der Waals surface area contributed by atoms with E-state index in [1.807, 2.05) is 72.8 Å². The average molecular weight is 949 g/mol. The Morgan fingerprint density at radius 1 is 0.284 bits per heavy atom. The van der Waals surface area contributed by atoms with Crippen LogP contribution in [0.15, 0.2) is 203 Å². The molecule has 0 aliphatic carbocycles. The van der Waals surface area contributed by atoms with E-state index in [1.54, 1.807) is 0 Å². The van der Waals surface area contributed by atoms with Crippen LogP contribution in [0.4, 0.5) is 0 Å². The number of aryl methyl sites for hydroxylation is 2. The Bertz CT molecular complexity index is 5650. The SMILES string of the molecule is [2H]C([2H])([2H])c1c2c3cccc4c5c6c(ccc5n(c2c(C([2H])([2H])[2H])c2c5cccc7c8c9c(ccc8n(c12)c57)c1ccccc1n9-c1ccc2oc5ccccc5c2c1)c34)c1ccccc1n6-c1ccc2oc3ccccc3c2c1. The Hall–Kier alpha value is -9.78. The number of fused-ring (bicyclic) bond motifs is 26. The first-order chi connectivity index (χ1) is 39.0. The number of furan rings is 2. The molecule has 342 valence electrons. The van der Waals surface area contributed by atoms with Gasteiger partial charge in [-0.05, 0) is 97.6 Å². The van der Waals surface area contributed by atoms with Crippen molar-refractivity contribution < 1.29 is 17.1 Å². The fraction of sp³-hybridized carbons (Fsp3) is 0.0294. The molecule has 6 heteroatoms. The van der Waals surface area contributed by atoms with Gasteiger partial charge in [0.25, 0.3) is 0 Å². The van der Waals surface area contributed by atoms with Crippen LogP contribution >= 0.6 is 0 Å². The molecule has 74 heavy (non-hydrogen) atoms. The molecule has 8 aromatic heterocycles. The normalized spacial score (nSPS) is 14.5. The molecule has 0 saturated carbocycles. The summed E-state index contributed by atoms with van der Waals surface area (Å²) in [5.41, 5.74) is 13.3. The van der Waals surface area contributed by atoms with Gasteiger partial charge in [0.15, 0.2) is 0 Å². The highest BCUT2D eigenvalue weighted by molar-refractivity contribution is 6.36. The minimum Gasteiger partial charge on any atom is -0.456 e. The Morgan fingerprint density at radius 2 is 0.676 bits per heavy atom. The molecule has 0 amide bonds. The molecule has 0 radical (unpaired) electrons. The molecule has 0 saturated heterocycles. The van der Waals surface area contributed by atoms with Gasteiger partial charge in [-0.3, -0.25) is 0 Å². The Morgan fingerprint density at radius 3 is 1.14 bits per heavy atom. The second-order valence-electron chi connectivity index (χ2n) is 20.2. The van der Waals surface area contributed by atoms with Crippen molar-refractivity contribution in [3.8, 4) is 11.4 Å². The third kappa shape index (κ3) is 4.25. The molecule has 0 atom stereocenters. The van der Waals surface area contributed by atoms with E-state index in [9.17, 15) is 8.22 Å². The van der Waals surface area contributed by atoms with E-state index in [4.69, 9.17) is 8.83 Å². The highest BCUT2D eigenvalue weighted by atomic mass is 16.3. The second kappa shape index (κ2) is 12.8. The van der Waals surface area contributed by atoms with Crippen LogP contribution in [0.5, 0.6) is 0 Å². The average Bonchev–Trinajstić information content (AvgIpc) is 4.45. The summed E-state index contributed by atoms with van der Waals surface area (Å²) in [6.07, 6.45) is 0. The summed E-state index contributed by atoms with van der Waals surface area (Å²) in [4.78, 5) is 0. The maximum absolute atomic E-state index is 9.71. The number of nitrogens with zero attached hydrogens (tertiary/aromatic N) is 4. The zero-order valence-electron chi connectivity index (χ0n) is 45.1. The third-order valence-corrected chi connectivity index (χ3v) is 16.8. The maximum Gasteiger partial charge on any atom is 0.135 e. The number of para-hydroxylation sites is 6. The third-order valence-electron chi connectivity index (χ3n) is 16.8.